The number of rotatable bonds is 3. The zero-order valence-electron chi connectivity index (χ0n) is 16.5. The van der Waals surface area contributed by atoms with Crippen LogP contribution in [-0.2, 0) is 6.42 Å². The Balaban J connectivity index is 1.40. The summed E-state index contributed by atoms with van der Waals surface area (Å²) in [7, 11) is 0. The zero-order chi connectivity index (χ0) is 20.0. The monoisotopic (exact) mass is 382 g/mol. The van der Waals surface area contributed by atoms with Gasteiger partial charge in [0.05, 0.1) is 29.0 Å². The van der Waals surface area contributed by atoms with Gasteiger partial charge in [0.25, 0.3) is 5.91 Å². The first kappa shape index (κ1) is 17.6. The number of nitrogens with one attached hydrogen (secondary N) is 1. The van der Waals surface area contributed by atoms with Crippen LogP contribution in [0.5, 0.6) is 0 Å². The second-order valence-electron chi connectivity index (χ2n) is 7.79. The fourth-order valence-electron chi connectivity index (χ4n) is 4.12. The average molecular weight is 382 g/mol. The maximum absolute atomic E-state index is 12.9. The molecular formula is C24H22N4O. The van der Waals surface area contributed by atoms with E-state index in [0.29, 0.717) is 5.56 Å². The molecule has 1 amide bonds. The number of aromatic nitrogens is 3. The standard InChI is InChI=1S/C24H22N4O/c1-15-7-9-25-22(11-15)18-3-5-19-17(13-18)4-6-21(19)27-24(29)20-14-26-28-10-8-16(2)12-23(20)28/h3,5,7-14,21H,4,6H2,1-2H3,(H,27,29)/t21-/m1/s1. The van der Waals surface area contributed by atoms with Crippen LogP contribution in [0.25, 0.3) is 16.8 Å². The Morgan fingerprint density at radius 2 is 1.97 bits per heavy atom. The molecule has 5 nitrogen and oxygen atoms in total. The van der Waals surface area contributed by atoms with Crippen LogP contribution in [0.2, 0.25) is 0 Å². The number of amides is 1. The molecule has 0 unspecified atom stereocenters. The van der Waals surface area contributed by atoms with Crippen molar-refractivity contribution in [2.45, 2.75) is 32.7 Å². The highest BCUT2D eigenvalue weighted by Gasteiger charge is 2.26. The number of hydrogen-bond donors (Lipinski definition) is 1. The molecule has 0 saturated heterocycles. The fourth-order valence-corrected chi connectivity index (χ4v) is 4.12. The minimum atomic E-state index is -0.0760. The van der Waals surface area contributed by atoms with Crippen molar-refractivity contribution >= 4 is 11.4 Å². The van der Waals surface area contributed by atoms with Gasteiger partial charge in [-0.3, -0.25) is 9.78 Å². The predicted molar refractivity (Wildman–Crippen MR) is 113 cm³/mol. The Morgan fingerprint density at radius 1 is 1.10 bits per heavy atom. The summed E-state index contributed by atoms with van der Waals surface area (Å²) in [6.07, 6.45) is 7.23. The van der Waals surface area contributed by atoms with E-state index >= 15 is 0 Å². The molecule has 144 valence electrons. The SMILES string of the molecule is Cc1ccnc(-c2ccc3c(c2)CC[C@H]3NC(=O)c2cnn3ccc(C)cc23)c1. The summed E-state index contributed by atoms with van der Waals surface area (Å²) < 4.78 is 1.74. The van der Waals surface area contributed by atoms with E-state index in [-0.39, 0.29) is 11.9 Å². The van der Waals surface area contributed by atoms with Gasteiger partial charge in [-0.1, -0.05) is 12.1 Å². The average Bonchev–Trinajstić information content (AvgIpc) is 3.31. The van der Waals surface area contributed by atoms with E-state index in [1.165, 1.54) is 16.7 Å². The first-order valence-corrected chi connectivity index (χ1v) is 9.89. The van der Waals surface area contributed by atoms with Gasteiger partial charge in [-0.25, -0.2) is 4.52 Å². The van der Waals surface area contributed by atoms with Gasteiger partial charge in [0.2, 0.25) is 0 Å². The minimum Gasteiger partial charge on any atom is -0.345 e. The van der Waals surface area contributed by atoms with Crippen molar-refractivity contribution < 1.29 is 4.79 Å². The van der Waals surface area contributed by atoms with E-state index in [9.17, 15) is 4.79 Å². The second-order valence-corrected chi connectivity index (χ2v) is 7.79. The molecule has 1 atom stereocenters. The van der Waals surface area contributed by atoms with Crippen molar-refractivity contribution in [1.82, 2.24) is 19.9 Å². The molecule has 0 spiro atoms. The molecule has 0 aliphatic heterocycles. The molecule has 0 fully saturated rings. The van der Waals surface area contributed by atoms with Gasteiger partial charge in [0.1, 0.15) is 0 Å². The Bertz CT molecular complexity index is 1240. The largest absolute Gasteiger partial charge is 0.345 e. The third-order valence-electron chi connectivity index (χ3n) is 5.66. The van der Waals surface area contributed by atoms with Crippen molar-refractivity contribution in [1.29, 1.82) is 0 Å². The Labute approximate surface area is 169 Å². The van der Waals surface area contributed by atoms with E-state index in [4.69, 9.17) is 0 Å². The molecule has 0 saturated carbocycles. The summed E-state index contributed by atoms with van der Waals surface area (Å²) in [5.41, 5.74) is 8.35. The first-order valence-electron chi connectivity index (χ1n) is 9.89. The van der Waals surface area contributed by atoms with Gasteiger partial charge in [0, 0.05) is 18.0 Å². The van der Waals surface area contributed by atoms with Gasteiger partial charge in [-0.05, 0) is 79.3 Å². The second kappa shape index (κ2) is 6.85. The van der Waals surface area contributed by atoms with Crippen molar-refractivity contribution in [3.05, 3.63) is 88.9 Å². The molecule has 3 heterocycles. The molecule has 4 aromatic rings. The quantitative estimate of drug-likeness (QED) is 0.570. The topological polar surface area (TPSA) is 59.3 Å². The highest BCUT2D eigenvalue weighted by Crippen LogP contribution is 2.34. The number of carbonyl (C=O) groups is 1. The molecule has 0 bridgehead atoms. The summed E-state index contributed by atoms with van der Waals surface area (Å²) in [6, 6.07) is 14.5. The van der Waals surface area contributed by atoms with E-state index in [1.807, 2.05) is 37.5 Å². The van der Waals surface area contributed by atoms with Crippen molar-refractivity contribution in [3.8, 4) is 11.3 Å². The number of nitrogens with zero attached hydrogens (tertiary/aromatic N) is 3. The van der Waals surface area contributed by atoms with Crippen LogP contribution < -0.4 is 5.32 Å². The lowest BCUT2D eigenvalue weighted by molar-refractivity contribution is 0.0938. The van der Waals surface area contributed by atoms with E-state index in [2.05, 4.69) is 46.6 Å². The Hall–Kier alpha value is -3.47. The summed E-state index contributed by atoms with van der Waals surface area (Å²) >= 11 is 0. The number of fused-ring (bicyclic) bond motifs is 2. The van der Waals surface area contributed by atoms with E-state index in [0.717, 1.165) is 35.2 Å². The summed E-state index contributed by atoms with van der Waals surface area (Å²) in [5.74, 6) is -0.0760. The molecule has 3 aromatic heterocycles. The van der Waals surface area contributed by atoms with E-state index in [1.54, 1.807) is 10.7 Å². The summed E-state index contributed by atoms with van der Waals surface area (Å²) in [4.78, 5) is 17.4. The lowest BCUT2D eigenvalue weighted by atomic mass is 10.0. The summed E-state index contributed by atoms with van der Waals surface area (Å²) in [6.45, 7) is 4.09. The van der Waals surface area contributed by atoms with E-state index < -0.39 is 0 Å². The van der Waals surface area contributed by atoms with Crippen molar-refractivity contribution in [3.63, 3.8) is 0 Å². The van der Waals surface area contributed by atoms with Crippen LogP contribution >= 0.6 is 0 Å². The van der Waals surface area contributed by atoms with Gasteiger partial charge in [0.15, 0.2) is 0 Å². The molecular weight excluding hydrogens is 360 g/mol. The van der Waals surface area contributed by atoms with Crippen LogP contribution in [0.4, 0.5) is 0 Å². The molecule has 5 rings (SSSR count). The minimum absolute atomic E-state index is 0.0248. The maximum Gasteiger partial charge on any atom is 0.255 e. The van der Waals surface area contributed by atoms with Gasteiger partial charge in [-0.15, -0.1) is 0 Å². The molecule has 1 aliphatic rings. The molecule has 5 heteroatoms. The molecule has 1 aromatic carbocycles. The van der Waals surface area contributed by atoms with Crippen LogP contribution in [-0.4, -0.2) is 20.5 Å². The molecule has 0 radical (unpaired) electrons. The highest BCUT2D eigenvalue weighted by atomic mass is 16.1. The first-order chi connectivity index (χ1) is 14.1. The van der Waals surface area contributed by atoms with Crippen LogP contribution in [0.1, 0.15) is 45.1 Å². The fraction of sp³-hybridized carbons (Fsp3) is 0.208. The zero-order valence-corrected chi connectivity index (χ0v) is 16.5. The summed E-state index contributed by atoms with van der Waals surface area (Å²) in [5, 5.41) is 7.51. The van der Waals surface area contributed by atoms with Gasteiger partial charge >= 0.3 is 0 Å². The number of carbonyl (C=O) groups excluding carboxylic acids is 1. The van der Waals surface area contributed by atoms with Gasteiger partial charge in [-0.2, -0.15) is 5.10 Å². The molecule has 1 N–H and O–H groups in total. The normalized spacial score (nSPS) is 15.4. The smallest absolute Gasteiger partial charge is 0.255 e. The number of pyridine rings is 2. The van der Waals surface area contributed by atoms with Crippen molar-refractivity contribution in [2.24, 2.45) is 0 Å². The number of hydrogen-bond acceptors (Lipinski definition) is 3. The number of aryl methyl sites for hydroxylation is 3. The Kier molecular flexibility index (Phi) is 4.16. The van der Waals surface area contributed by atoms with Crippen molar-refractivity contribution in [2.75, 3.05) is 0 Å². The van der Waals surface area contributed by atoms with Crippen LogP contribution in [0, 0.1) is 13.8 Å². The highest BCUT2D eigenvalue weighted by molar-refractivity contribution is 6.00. The predicted octanol–water partition coefficient (Wildman–Crippen LogP) is 4.43. The Morgan fingerprint density at radius 3 is 2.83 bits per heavy atom. The maximum atomic E-state index is 12.9. The lowest BCUT2D eigenvalue weighted by Crippen LogP contribution is -2.27. The molecule has 1 aliphatic carbocycles. The van der Waals surface area contributed by atoms with Crippen LogP contribution in [0.3, 0.4) is 0 Å². The lowest BCUT2D eigenvalue weighted by Gasteiger charge is -2.14. The third-order valence-corrected chi connectivity index (χ3v) is 5.66. The van der Waals surface area contributed by atoms with Crippen LogP contribution in [0.15, 0.2) is 61.1 Å². The number of benzene rings is 1. The van der Waals surface area contributed by atoms with Gasteiger partial charge < -0.3 is 5.32 Å². The third kappa shape index (κ3) is 3.18. The molecule has 29 heavy (non-hydrogen) atoms.